The maximum Gasteiger partial charge on any atom is 0.252 e. The van der Waals surface area contributed by atoms with Crippen LogP contribution in [-0.4, -0.2) is 25.3 Å². The Balaban J connectivity index is 1.66. The Bertz CT molecular complexity index is 744. The highest BCUT2D eigenvalue weighted by Crippen LogP contribution is 2.25. The van der Waals surface area contributed by atoms with Crippen LogP contribution in [0.15, 0.2) is 53.4 Å². The Morgan fingerprint density at radius 2 is 1.92 bits per heavy atom. The zero-order valence-electron chi connectivity index (χ0n) is 15.9. The molecule has 1 amide bonds. The average Bonchev–Trinajstić information content (AvgIpc) is 2.68. The first-order valence-corrected chi connectivity index (χ1v) is 10.6. The summed E-state index contributed by atoms with van der Waals surface area (Å²) in [5, 5.41) is 3.13. The number of thioether (sulfide) groups is 1. The van der Waals surface area contributed by atoms with E-state index in [2.05, 4.69) is 41.4 Å². The van der Waals surface area contributed by atoms with Crippen LogP contribution in [0.4, 0.5) is 5.69 Å². The molecule has 0 aromatic heterocycles. The molecule has 2 atom stereocenters. The van der Waals surface area contributed by atoms with E-state index < -0.39 is 0 Å². The van der Waals surface area contributed by atoms with Crippen molar-refractivity contribution in [3.05, 3.63) is 59.7 Å². The van der Waals surface area contributed by atoms with Gasteiger partial charge in [-0.3, -0.25) is 4.79 Å². The molecule has 138 valence electrons. The van der Waals surface area contributed by atoms with E-state index in [4.69, 9.17) is 0 Å². The minimum atomic E-state index is -0.0215. The SMILES string of the molecule is CSc1ccccc1C(=O)N[C@H](C)c1ccc(N2CCC[C@@H](C)C2)cc1. The van der Waals surface area contributed by atoms with Crippen LogP contribution in [0.3, 0.4) is 0 Å². The molecule has 1 saturated heterocycles. The van der Waals surface area contributed by atoms with E-state index in [1.807, 2.05) is 37.4 Å². The molecule has 1 heterocycles. The van der Waals surface area contributed by atoms with Gasteiger partial charge in [0.1, 0.15) is 0 Å². The average molecular weight is 369 g/mol. The van der Waals surface area contributed by atoms with Crippen molar-refractivity contribution < 1.29 is 4.79 Å². The van der Waals surface area contributed by atoms with Gasteiger partial charge in [-0.05, 0) is 61.8 Å². The van der Waals surface area contributed by atoms with E-state index in [9.17, 15) is 4.79 Å². The van der Waals surface area contributed by atoms with Gasteiger partial charge in [-0.15, -0.1) is 11.8 Å². The summed E-state index contributed by atoms with van der Waals surface area (Å²) in [6.07, 6.45) is 4.59. The molecule has 3 nitrogen and oxygen atoms in total. The molecule has 0 aliphatic carbocycles. The van der Waals surface area contributed by atoms with Crippen molar-refractivity contribution in [3.63, 3.8) is 0 Å². The summed E-state index contributed by atoms with van der Waals surface area (Å²) in [6, 6.07) is 16.4. The topological polar surface area (TPSA) is 32.3 Å². The number of nitrogens with one attached hydrogen (secondary N) is 1. The molecular weight excluding hydrogens is 340 g/mol. The molecule has 0 radical (unpaired) electrons. The van der Waals surface area contributed by atoms with Gasteiger partial charge < -0.3 is 10.2 Å². The Kier molecular flexibility index (Phi) is 6.25. The zero-order valence-corrected chi connectivity index (χ0v) is 16.7. The van der Waals surface area contributed by atoms with E-state index in [1.165, 1.54) is 18.5 Å². The number of amides is 1. The molecule has 0 unspecified atom stereocenters. The maximum atomic E-state index is 12.6. The highest BCUT2D eigenvalue weighted by molar-refractivity contribution is 7.98. The molecule has 4 heteroatoms. The minimum absolute atomic E-state index is 0.0172. The molecule has 0 saturated carbocycles. The summed E-state index contributed by atoms with van der Waals surface area (Å²) in [5.74, 6) is 0.745. The second-order valence-corrected chi connectivity index (χ2v) is 8.03. The smallest absolute Gasteiger partial charge is 0.252 e. The van der Waals surface area contributed by atoms with Gasteiger partial charge in [0, 0.05) is 23.7 Å². The molecule has 2 aromatic carbocycles. The van der Waals surface area contributed by atoms with Gasteiger partial charge in [0.15, 0.2) is 0 Å². The lowest BCUT2D eigenvalue weighted by Crippen LogP contribution is -2.34. The third-order valence-electron chi connectivity index (χ3n) is 5.11. The summed E-state index contributed by atoms with van der Waals surface area (Å²) in [6.45, 7) is 6.64. The number of anilines is 1. The molecule has 26 heavy (non-hydrogen) atoms. The van der Waals surface area contributed by atoms with Gasteiger partial charge in [0.25, 0.3) is 5.91 Å². The lowest BCUT2D eigenvalue weighted by atomic mass is 9.99. The second-order valence-electron chi connectivity index (χ2n) is 7.18. The molecule has 0 spiro atoms. The Morgan fingerprint density at radius 1 is 1.19 bits per heavy atom. The van der Waals surface area contributed by atoms with Crippen molar-refractivity contribution in [2.45, 2.75) is 37.6 Å². The van der Waals surface area contributed by atoms with Crippen LogP contribution in [0, 0.1) is 5.92 Å². The predicted octanol–water partition coefficient (Wildman–Crippen LogP) is 5.14. The van der Waals surface area contributed by atoms with Crippen LogP contribution in [0.2, 0.25) is 0 Å². The first kappa shape index (κ1) is 18.8. The normalized spacial score (nSPS) is 18.4. The minimum Gasteiger partial charge on any atom is -0.371 e. The number of rotatable bonds is 5. The number of carbonyl (C=O) groups is 1. The quantitative estimate of drug-likeness (QED) is 0.742. The van der Waals surface area contributed by atoms with Gasteiger partial charge in [0.2, 0.25) is 0 Å². The number of hydrogen-bond donors (Lipinski definition) is 1. The molecule has 1 aliphatic heterocycles. The summed E-state index contributed by atoms with van der Waals surface area (Å²) in [7, 11) is 0. The van der Waals surface area contributed by atoms with E-state index in [0.29, 0.717) is 0 Å². The van der Waals surface area contributed by atoms with Gasteiger partial charge in [-0.1, -0.05) is 31.2 Å². The van der Waals surface area contributed by atoms with Crippen LogP contribution in [0.25, 0.3) is 0 Å². The van der Waals surface area contributed by atoms with Crippen LogP contribution >= 0.6 is 11.8 Å². The van der Waals surface area contributed by atoms with Crippen LogP contribution in [0.1, 0.15) is 48.7 Å². The zero-order chi connectivity index (χ0) is 18.5. The van der Waals surface area contributed by atoms with Gasteiger partial charge in [0.05, 0.1) is 11.6 Å². The Labute approximate surface area is 161 Å². The molecule has 0 bridgehead atoms. The number of benzene rings is 2. The number of nitrogens with zero attached hydrogens (tertiary/aromatic N) is 1. The molecule has 1 N–H and O–H groups in total. The highest BCUT2D eigenvalue weighted by atomic mass is 32.2. The molecular formula is C22H28N2OS. The van der Waals surface area contributed by atoms with Crippen LogP contribution < -0.4 is 10.2 Å². The number of piperidine rings is 1. The predicted molar refractivity (Wildman–Crippen MR) is 111 cm³/mol. The van der Waals surface area contributed by atoms with Crippen molar-refractivity contribution in [3.8, 4) is 0 Å². The fraction of sp³-hybridized carbons (Fsp3) is 0.409. The lowest BCUT2D eigenvalue weighted by Gasteiger charge is -2.33. The molecule has 1 fully saturated rings. The summed E-state index contributed by atoms with van der Waals surface area (Å²) < 4.78 is 0. The largest absolute Gasteiger partial charge is 0.371 e. The molecule has 3 rings (SSSR count). The Morgan fingerprint density at radius 3 is 2.62 bits per heavy atom. The third-order valence-corrected chi connectivity index (χ3v) is 5.91. The van der Waals surface area contributed by atoms with Gasteiger partial charge in [-0.2, -0.15) is 0 Å². The second kappa shape index (κ2) is 8.63. The lowest BCUT2D eigenvalue weighted by molar-refractivity contribution is 0.0937. The van der Waals surface area contributed by atoms with Crippen molar-refractivity contribution in [2.75, 3.05) is 24.2 Å². The third kappa shape index (κ3) is 4.42. The summed E-state index contributed by atoms with van der Waals surface area (Å²) in [4.78, 5) is 16.1. The van der Waals surface area contributed by atoms with Crippen molar-refractivity contribution in [2.24, 2.45) is 5.92 Å². The maximum absolute atomic E-state index is 12.6. The monoisotopic (exact) mass is 368 g/mol. The highest BCUT2D eigenvalue weighted by Gasteiger charge is 2.18. The van der Waals surface area contributed by atoms with Crippen LogP contribution in [0.5, 0.6) is 0 Å². The Hall–Kier alpha value is -1.94. The van der Waals surface area contributed by atoms with Crippen molar-refractivity contribution >= 4 is 23.4 Å². The fourth-order valence-corrected chi connectivity index (χ4v) is 4.18. The molecule has 1 aliphatic rings. The van der Waals surface area contributed by atoms with E-state index in [-0.39, 0.29) is 11.9 Å². The first-order valence-electron chi connectivity index (χ1n) is 9.37. The fourth-order valence-electron chi connectivity index (χ4n) is 3.59. The van der Waals surface area contributed by atoms with Gasteiger partial charge in [-0.25, -0.2) is 0 Å². The van der Waals surface area contributed by atoms with Crippen LogP contribution in [-0.2, 0) is 0 Å². The van der Waals surface area contributed by atoms with Crippen molar-refractivity contribution in [1.82, 2.24) is 5.32 Å². The van der Waals surface area contributed by atoms with E-state index >= 15 is 0 Å². The van der Waals surface area contributed by atoms with E-state index in [0.717, 1.165) is 35.0 Å². The summed E-state index contributed by atoms with van der Waals surface area (Å²) >= 11 is 1.60. The van der Waals surface area contributed by atoms with Crippen molar-refractivity contribution in [1.29, 1.82) is 0 Å². The number of hydrogen-bond acceptors (Lipinski definition) is 3. The standard InChI is InChI=1S/C22H28N2OS/c1-16-7-6-14-24(15-16)19-12-10-18(11-13-19)17(2)23-22(25)20-8-4-5-9-21(20)26-3/h4-5,8-13,16-17H,6-7,14-15H2,1-3H3,(H,23,25)/t16-,17-/m1/s1. The van der Waals surface area contributed by atoms with E-state index in [1.54, 1.807) is 11.8 Å². The first-order chi connectivity index (χ1) is 12.6. The summed E-state index contributed by atoms with van der Waals surface area (Å²) in [5.41, 5.74) is 3.16. The van der Waals surface area contributed by atoms with Gasteiger partial charge >= 0.3 is 0 Å². The number of carbonyl (C=O) groups excluding carboxylic acids is 1. The molecule has 2 aromatic rings.